The van der Waals surface area contributed by atoms with Gasteiger partial charge in [0.15, 0.2) is 0 Å². The molecule has 2 atom stereocenters. The van der Waals surface area contributed by atoms with Crippen molar-refractivity contribution in [2.75, 3.05) is 6.61 Å². The second-order valence-corrected chi connectivity index (χ2v) is 3.88. The van der Waals surface area contributed by atoms with Crippen LogP contribution in [0.25, 0.3) is 0 Å². The van der Waals surface area contributed by atoms with Crippen molar-refractivity contribution in [3.63, 3.8) is 0 Å². The van der Waals surface area contributed by atoms with E-state index in [1.165, 1.54) is 12.1 Å². The minimum atomic E-state index is -0.312. The molecule has 1 aliphatic rings. The molecule has 2 heteroatoms. The van der Waals surface area contributed by atoms with Crippen LogP contribution in [-0.4, -0.2) is 11.7 Å². The molecule has 0 saturated heterocycles. The summed E-state index contributed by atoms with van der Waals surface area (Å²) in [5, 5.41) is 9.37. The van der Waals surface area contributed by atoms with Crippen molar-refractivity contribution in [2.45, 2.75) is 12.3 Å². The van der Waals surface area contributed by atoms with Crippen LogP contribution in [0.4, 0.5) is 4.39 Å². The van der Waals surface area contributed by atoms with Crippen molar-refractivity contribution in [3.05, 3.63) is 47.8 Å². The Morgan fingerprint density at radius 2 is 1.93 bits per heavy atom. The van der Waals surface area contributed by atoms with E-state index in [1.807, 2.05) is 6.92 Å². The van der Waals surface area contributed by atoms with Gasteiger partial charge in [0.25, 0.3) is 0 Å². The Labute approximate surface area is 82.9 Å². The third-order valence-corrected chi connectivity index (χ3v) is 3.36. The monoisotopic (exact) mass is 192 g/mol. The summed E-state index contributed by atoms with van der Waals surface area (Å²) in [6, 6.07) is 6.29. The summed E-state index contributed by atoms with van der Waals surface area (Å²) >= 11 is 0. The summed E-state index contributed by atoms with van der Waals surface area (Å²) in [6.07, 6.45) is 0. The van der Waals surface area contributed by atoms with Gasteiger partial charge in [-0.2, -0.15) is 0 Å². The Morgan fingerprint density at radius 1 is 1.43 bits per heavy atom. The summed E-state index contributed by atoms with van der Waals surface area (Å²) in [5.41, 5.74) is 1.68. The van der Waals surface area contributed by atoms with Crippen molar-refractivity contribution in [2.24, 2.45) is 5.92 Å². The molecule has 0 heterocycles. The summed E-state index contributed by atoms with van der Waals surface area (Å²) in [6.45, 7) is 6.00. The van der Waals surface area contributed by atoms with Crippen molar-refractivity contribution in [1.82, 2.24) is 0 Å². The fourth-order valence-electron chi connectivity index (χ4n) is 2.13. The molecule has 0 aliphatic heterocycles. The van der Waals surface area contributed by atoms with Gasteiger partial charge in [-0.25, -0.2) is 4.39 Å². The van der Waals surface area contributed by atoms with Crippen molar-refractivity contribution >= 4 is 0 Å². The number of rotatable bonds is 2. The van der Waals surface area contributed by atoms with E-state index in [1.54, 1.807) is 12.1 Å². The first-order valence-electron chi connectivity index (χ1n) is 4.69. The fourth-order valence-corrected chi connectivity index (χ4v) is 2.13. The van der Waals surface area contributed by atoms with Gasteiger partial charge in [-0.3, -0.25) is 0 Å². The topological polar surface area (TPSA) is 20.2 Å². The van der Waals surface area contributed by atoms with Gasteiger partial charge in [0.2, 0.25) is 0 Å². The van der Waals surface area contributed by atoms with Crippen LogP contribution >= 0.6 is 0 Å². The van der Waals surface area contributed by atoms with E-state index in [2.05, 4.69) is 6.58 Å². The van der Waals surface area contributed by atoms with Crippen LogP contribution in [-0.2, 0) is 5.41 Å². The van der Waals surface area contributed by atoms with Crippen LogP contribution in [0.15, 0.2) is 36.4 Å². The zero-order valence-corrected chi connectivity index (χ0v) is 8.13. The van der Waals surface area contributed by atoms with Crippen LogP contribution in [0.5, 0.6) is 0 Å². The number of aliphatic hydroxyl groups is 1. The normalized spacial score (nSPS) is 30.5. The molecule has 0 amide bonds. The maximum atomic E-state index is 12.7. The molecule has 1 aromatic carbocycles. The lowest BCUT2D eigenvalue weighted by atomic mass is 9.94. The summed E-state index contributed by atoms with van der Waals surface area (Å²) in [5.74, 6) is 0.0405. The molecule has 0 radical (unpaired) electrons. The lowest BCUT2D eigenvalue weighted by Gasteiger charge is -2.12. The maximum Gasteiger partial charge on any atom is 0.123 e. The SMILES string of the molecule is C=C1C(C)C1(CO)c1ccc(F)cc1. The molecule has 1 aliphatic carbocycles. The van der Waals surface area contributed by atoms with Gasteiger partial charge in [-0.15, -0.1) is 0 Å². The van der Waals surface area contributed by atoms with E-state index >= 15 is 0 Å². The van der Waals surface area contributed by atoms with Crippen LogP contribution in [0.2, 0.25) is 0 Å². The molecular weight excluding hydrogens is 179 g/mol. The maximum absolute atomic E-state index is 12.7. The van der Waals surface area contributed by atoms with E-state index in [0.29, 0.717) is 0 Å². The molecule has 2 unspecified atom stereocenters. The van der Waals surface area contributed by atoms with Gasteiger partial charge in [0, 0.05) is 5.41 Å². The largest absolute Gasteiger partial charge is 0.395 e. The third-order valence-electron chi connectivity index (χ3n) is 3.36. The number of aliphatic hydroxyl groups excluding tert-OH is 1. The fraction of sp³-hybridized carbons (Fsp3) is 0.333. The van der Waals surface area contributed by atoms with E-state index in [0.717, 1.165) is 11.1 Å². The lowest BCUT2D eigenvalue weighted by molar-refractivity contribution is 0.251. The molecule has 0 spiro atoms. The van der Waals surface area contributed by atoms with Gasteiger partial charge in [0.1, 0.15) is 5.82 Å². The lowest BCUT2D eigenvalue weighted by Crippen LogP contribution is -2.14. The Balaban J connectivity index is 2.40. The summed E-state index contributed by atoms with van der Waals surface area (Å²) in [7, 11) is 0. The minimum Gasteiger partial charge on any atom is -0.395 e. The molecule has 2 rings (SSSR count). The predicted molar refractivity (Wildman–Crippen MR) is 53.5 cm³/mol. The Hall–Kier alpha value is -1.15. The Morgan fingerprint density at radius 3 is 2.29 bits per heavy atom. The molecule has 14 heavy (non-hydrogen) atoms. The minimum absolute atomic E-state index is 0.0542. The van der Waals surface area contributed by atoms with Crippen molar-refractivity contribution < 1.29 is 9.50 Å². The quantitative estimate of drug-likeness (QED) is 0.712. The highest BCUT2D eigenvalue weighted by atomic mass is 19.1. The predicted octanol–water partition coefficient (Wildman–Crippen LogP) is 2.26. The molecule has 74 valence electrons. The second kappa shape index (κ2) is 2.92. The first-order chi connectivity index (χ1) is 6.63. The van der Waals surface area contributed by atoms with E-state index in [9.17, 15) is 9.50 Å². The Kier molecular flexibility index (Phi) is 1.96. The van der Waals surface area contributed by atoms with Crippen LogP contribution < -0.4 is 0 Å². The molecule has 0 aromatic heterocycles. The van der Waals surface area contributed by atoms with Gasteiger partial charge < -0.3 is 5.11 Å². The van der Waals surface area contributed by atoms with E-state index < -0.39 is 0 Å². The van der Waals surface area contributed by atoms with E-state index in [4.69, 9.17) is 0 Å². The molecular formula is C12H13FO. The highest BCUT2D eigenvalue weighted by molar-refractivity contribution is 5.51. The number of hydrogen-bond donors (Lipinski definition) is 1. The van der Waals surface area contributed by atoms with Gasteiger partial charge >= 0.3 is 0 Å². The smallest absolute Gasteiger partial charge is 0.123 e. The molecule has 1 N–H and O–H groups in total. The molecule has 1 saturated carbocycles. The van der Waals surface area contributed by atoms with E-state index in [-0.39, 0.29) is 23.8 Å². The summed E-state index contributed by atoms with van der Waals surface area (Å²) < 4.78 is 12.7. The molecule has 0 bridgehead atoms. The van der Waals surface area contributed by atoms with Gasteiger partial charge in [-0.05, 0) is 23.6 Å². The zero-order chi connectivity index (χ0) is 10.3. The average Bonchev–Trinajstić information content (AvgIpc) is 2.72. The third kappa shape index (κ3) is 1.04. The van der Waals surface area contributed by atoms with Crippen molar-refractivity contribution in [1.29, 1.82) is 0 Å². The first-order valence-corrected chi connectivity index (χ1v) is 4.69. The van der Waals surface area contributed by atoms with Crippen LogP contribution in [0, 0.1) is 11.7 Å². The molecule has 1 fully saturated rings. The highest BCUT2D eigenvalue weighted by Gasteiger charge is 2.56. The second-order valence-electron chi connectivity index (χ2n) is 3.88. The standard InChI is InChI=1S/C12H13FO/c1-8-9(2)12(8,7-14)10-3-5-11(13)6-4-10/h3-6,9,14H,1,7H2,2H3. The first kappa shape index (κ1) is 9.41. The van der Waals surface area contributed by atoms with Crippen LogP contribution in [0.3, 0.4) is 0 Å². The average molecular weight is 192 g/mol. The van der Waals surface area contributed by atoms with Gasteiger partial charge in [0.05, 0.1) is 6.61 Å². The summed E-state index contributed by atoms with van der Waals surface area (Å²) in [4.78, 5) is 0. The zero-order valence-electron chi connectivity index (χ0n) is 8.13. The van der Waals surface area contributed by atoms with Gasteiger partial charge in [-0.1, -0.05) is 31.2 Å². The Bertz CT molecular complexity index is 368. The van der Waals surface area contributed by atoms with Crippen molar-refractivity contribution in [3.8, 4) is 0 Å². The molecule has 1 nitrogen and oxygen atoms in total. The highest BCUT2D eigenvalue weighted by Crippen LogP contribution is 2.57. The number of halogens is 1. The molecule has 1 aromatic rings. The van der Waals surface area contributed by atoms with Crippen LogP contribution in [0.1, 0.15) is 12.5 Å². The number of benzene rings is 1. The number of hydrogen-bond acceptors (Lipinski definition) is 1.